The number of alkyl carbamates (subject to hydrolysis) is 1. The molecule has 1 amide bonds. The van der Waals surface area contributed by atoms with Crippen molar-refractivity contribution in [2.75, 3.05) is 0 Å². The number of amides is 1. The second-order valence-corrected chi connectivity index (χ2v) is 6.05. The van der Waals surface area contributed by atoms with Gasteiger partial charge in [-0.3, -0.25) is 4.79 Å². The summed E-state index contributed by atoms with van der Waals surface area (Å²) in [6, 6.07) is 4.66. The normalized spacial score (nSPS) is 12.5. The number of benzene rings is 1. The van der Waals surface area contributed by atoms with Gasteiger partial charge in [0, 0.05) is 6.04 Å². The van der Waals surface area contributed by atoms with Gasteiger partial charge in [-0.15, -0.1) is 0 Å². The minimum atomic E-state index is -4.33. The van der Waals surface area contributed by atoms with E-state index in [4.69, 9.17) is 14.6 Å². The van der Waals surface area contributed by atoms with Crippen LogP contribution in [0.5, 0.6) is 0 Å². The third kappa shape index (κ3) is 9.70. The van der Waals surface area contributed by atoms with E-state index in [9.17, 15) is 18.0 Å². The van der Waals surface area contributed by atoms with Crippen LogP contribution in [0, 0.1) is 0 Å². The van der Waals surface area contributed by atoms with Crippen LogP contribution >= 0.6 is 0 Å². The zero-order valence-corrected chi connectivity index (χ0v) is 14.0. The van der Waals surface area contributed by atoms with E-state index in [2.05, 4.69) is 5.32 Å². The van der Waals surface area contributed by atoms with Gasteiger partial charge in [0.1, 0.15) is 5.60 Å². The second-order valence-electron chi connectivity index (χ2n) is 6.05. The molecule has 2 N–H and O–H groups in total. The Bertz CT molecular complexity index is 522. The van der Waals surface area contributed by atoms with Crippen molar-refractivity contribution in [1.82, 2.24) is 5.32 Å². The molecule has 0 radical (unpaired) electrons. The predicted molar refractivity (Wildman–Crippen MR) is 82.7 cm³/mol. The molecule has 1 aromatic carbocycles. The third-order valence-electron chi connectivity index (χ3n) is 2.59. The summed E-state index contributed by atoms with van der Waals surface area (Å²) in [5, 5.41) is 9.54. The zero-order valence-electron chi connectivity index (χ0n) is 14.0. The van der Waals surface area contributed by atoms with Crippen molar-refractivity contribution >= 4 is 12.6 Å². The van der Waals surface area contributed by atoms with Crippen LogP contribution in [-0.2, 0) is 22.1 Å². The molecule has 0 aliphatic heterocycles. The fourth-order valence-electron chi connectivity index (χ4n) is 1.74. The van der Waals surface area contributed by atoms with E-state index in [0.29, 0.717) is 12.0 Å². The largest absolute Gasteiger partial charge is 0.483 e. The lowest BCUT2D eigenvalue weighted by Crippen LogP contribution is -2.38. The van der Waals surface area contributed by atoms with E-state index in [-0.39, 0.29) is 12.5 Å². The molecule has 1 rings (SSSR count). The maximum atomic E-state index is 12.4. The average Bonchev–Trinajstić information content (AvgIpc) is 2.36. The van der Waals surface area contributed by atoms with E-state index in [1.165, 1.54) is 12.1 Å². The zero-order chi connectivity index (χ0) is 19.0. The molecule has 0 fully saturated rings. The molecule has 24 heavy (non-hydrogen) atoms. The molecule has 0 aliphatic carbocycles. The molecule has 1 aromatic rings. The van der Waals surface area contributed by atoms with E-state index >= 15 is 0 Å². The molecule has 0 bridgehead atoms. The first kappa shape index (κ1) is 21.8. The first-order chi connectivity index (χ1) is 10.9. The lowest BCUT2D eigenvalue weighted by molar-refractivity contribution is -0.137. The second kappa shape index (κ2) is 9.14. The standard InChI is InChI=1S/C15H20F3NO2.CH2O2/c1-10(19-13(20)21-14(2,3)4)9-11-5-7-12(8-6-11)15(16,17)18;2-1-3/h5-8,10H,9H2,1-4H3,(H,19,20);1H,(H,2,3)/t10-;/m1./s1. The minimum Gasteiger partial charge on any atom is -0.483 e. The molecule has 0 unspecified atom stereocenters. The molecule has 0 saturated carbocycles. The van der Waals surface area contributed by atoms with Crippen molar-refractivity contribution in [3.8, 4) is 0 Å². The average molecular weight is 349 g/mol. The van der Waals surface area contributed by atoms with Crippen LogP contribution in [0.4, 0.5) is 18.0 Å². The number of hydrogen-bond acceptors (Lipinski definition) is 3. The maximum Gasteiger partial charge on any atom is 0.416 e. The summed E-state index contributed by atoms with van der Waals surface area (Å²) in [7, 11) is 0. The van der Waals surface area contributed by atoms with Crippen molar-refractivity contribution in [1.29, 1.82) is 0 Å². The number of hydrogen-bond donors (Lipinski definition) is 2. The topological polar surface area (TPSA) is 75.6 Å². The molecule has 8 heteroatoms. The summed E-state index contributed by atoms with van der Waals surface area (Å²) < 4.78 is 42.4. The Morgan fingerprint density at radius 1 is 1.25 bits per heavy atom. The van der Waals surface area contributed by atoms with Crippen LogP contribution in [0.1, 0.15) is 38.8 Å². The highest BCUT2D eigenvalue weighted by molar-refractivity contribution is 5.68. The number of nitrogens with one attached hydrogen (secondary N) is 1. The Hall–Kier alpha value is -2.25. The summed E-state index contributed by atoms with van der Waals surface area (Å²) in [4.78, 5) is 19.9. The van der Waals surface area contributed by atoms with Gasteiger partial charge in [-0.2, -0.15) is 13.2 Å². The van der Waals surface area contributed by atoms with Crippen LogP contribution in [0.2, 0.25) is 0 Å². The van der Waals surface area contributed by atoms with Gasteiger partial charge >= 0.3 is 12.3 Å². The molecule has 0 aromatic heterocycles. The molecule has 0 saturated heterocycles. The molecule has 5 nitrogen and oxygen atoms in total. The molecular formula is C16H22F3NO4. The lowest BCUT2D eigenvalue weighted by atomic mass is 10.1. The third-order valence-corrected chi connectivity index (χ3v) is 2.59. The number of carboxylic acid groups (broad SMARTS) is 1. The highest BCUT2D eigenvalue weighted by Gasteiger charge is 2.30. The Labute approximate surface area is 138 Å². The number of alkyl halides is 3. The van der Waals surface area contributed by atoms with Crippen LogP contribution in [0.25, 0.3) is 0 Å². The van der Waals surface area contributed by atoms with Crippen molar-refractivity contribution in [2.45, 2.75) is 51.9 Å². The van der Waals surface area contributed by atoms with Gasteiger partial charge in [-0.05, 0) is 51.8 Å². The Morgan fingerprint density at radius 3 is 2.08 bits per heavy atom. The molecule has 0 heterocycles. The van der Waals surface area contributed by atoms with Gasteiger partial charge < -0.3 is 15.2 Å². The van der Waals surface area contributed by atoms with Crippen molar-refractivity contribution in [3.05, 3.63) is 35.4 Å². The van der Waals surface area contributed by atoms with E-state index in [1.807, 2.05) is 0 Å². The number of carbonyl (C=O) groups excluding carboxylic acids is 1. The quantitative estimate of drug-likeness (QED) is 0.813. The van der Waals surface area contributed by atoms with E-state index in [1.54, 1.807) is 27.7 Å². The van der Waals surface area contributed by atoms with Gasteiger partial charge in [-0.1, -0.05) is 12.1 Å². The Kier molecular flexibility index (Phi) is 8.29. The molecule has 136 valence electrons. The van der Waals surface area contributed by atoms with Gasteiger partial charge in [0.15, 0.2) is 0 Å². The maximum absolute atomic E-state index is 12.4. The van der Waals surface area contributed by atoms with Crippen LogP contribution in [-0.4, -0.2) is 29.3 Å². The number of ether oxygens (including phenoxy) is 1. The fourth-order valence-corrected chi connectivity index (χ4v) is 1.74. The smallest absolute Gasteiger partial charge is 0.416 e. The highest BCUT2D eigenvalue weighted by atomic mass is 19.4. The van der Waals surface area contributed by atoms with Gasteiger partial charge in [0.05, 0.1) is 5.56 Å². The first-order valence-corrected chi connectivity index (χ1v) is 7.12. The monoisotopic (exact) mass is 349 g/mol. The Balaban J connectivity index is 0.00000163. The van der Waals surface area contributed by atoms with Crippen molar-refractivity contribution < 1.29 is 32.6 Å². The van der Waals surface area contributed by atoms with Crippen LogP contribution < -0.4 is 5.32 Å². The van der Waals surface area contributed by atoms with Crippen molar-refractivity contribution in [3.63, 3.8) is 0 Å². The SMILES string of the molecule is C[C@H](Cc1ccc(C(F)(F)F)cc1)NC(=O)OC(C)(C)C.O=CO. The molecular weight excluding hydrogens is 327 g/mol. The van der Waals surface area contributed by atoms with Crippen LogP contribution in [0.3, 0.4) is 0 Å². The highest BCUT2D eigenvalue weighted by Crippen LogP contribution is 2.29. The van der Waals surface area contributed by atoms with Gasteiger partial charge in [0.2, 0.25) is 0 Å². The van der Waals surface area contributed by atoms with Crippen LogP contribution in [0.15, 0.2) is 24.3 Å². The van der Waals surface area contributed by atoms with E-state index < -0.39 is 23.4 Å². The molecule has 1 atom stereocenters. The summed E-state index contributed by atoms with van der Waals surface area (Å²) in [5.41, 5.74) is -0.552. The minimum absolute atomic E-state index is 0.239. The molecule has 0 spiro atoms. The van der Waals surface area contributed by atoms with Gasteiger partial charge in [0.25, 0.3) is 6.47 Å². The molecule has 0 aliphatic rings. The van der Waals surface area contributed by atoms with E-state index in [0.717, 1.165) is 12.1 Å². The first-order valence-electron chi connectivity index (χ1n) is 7.12. The summed E-state index contributed by atoms with van der Waals surface area (Å²) in [5.74, 6) is 0. The predicted octanol–water partition coefficient (Wildman–Crippen LogP) is 3.86. The lowest BCUT2D eigenvalue weighted by Gasteiger charge is -2.22. The van der Waals surface area contributed by atoms with Gasteiger partial charge in [-0.25, -0.2) is 4.79 Å². The number of rotatable bonds is 3. The fraction of sp³-hybridized carbons (Fsp3) is 0.500. The number of carbonyl (C=O) groups is 2. The van der Waals surface area contributed by atoms with Crippen molar-refractivity contribution in [2.24, 2.45) is 0 Å². The summed E-state index contributed by atoms with van der Waals surface area (Å²) in [6.07, 6.45) is -4.45. The summed E-state index contributed by atoms with van der Waals surface area (Å²) in [6.45, 7) is 6.79. The number of halogens is 3. The Morgan fingerprint density at radius 2 is 1.71 bits per heavy atom. The summed E-state index contributed by atoms with van der Waals surface area (Å²) >= 11 is 0.